The van der Waals surface area contributed by atoms with E-state index in [-0.39, 0.29) is 17.3 Å². The number of pyridine rings is 1. The van der Waals surface area contributed by atoms with Crippen molar-refractivity contribution in [2.45, 2.75) is 18.2 Å². The van der Waals surface area contributed by atoms with Crippen LogP contribution >= 0.6 is 15.9 Å². The Hall–Kier alpha value is -1.04. The Morgan fingerprint density at radius 2 is 2.25 bits per heavy atom. The number of hydrogen-bond donors (Lipinski definition) is 0. The Labute approximate surface area is 99.9 Å². The Morgan fingerprint density at radius 1 is 1.56 bits per heavy atom. The molecule has 0 aliphatic heterocycles. The lowest BCUT2D eigenvalue weighted by Gasteiger charge is -2.10. The van der Waals surface area contributed by atoms with Crippen LogP contribution in [0.5, 0.6) is 0 Å². The van der Waals surface area contributed by atoms with Crippen molar-refractivity contribution < 1.29 is 18.3 Å². The summed E-state index contributed by atoms with van der Waals surface area (Å²) in [5, 5.41) is 0.252. The van der Waals surface area contributed by atoms with Crippen molar-refractivity contribution in [2.75, 3.05) is 7.11 Å². The number of nitrogens with zero attached hydrogens (tertiary/aromatic N) is 1. The number of alkyl halides is 3. The average Bonchev–Trinajstić information content (AvgIpc) is 2.28. The summed E-state index contributed by atoms with van der Waals surface area (Å²) in [6, 6.07) is 0. The van der Waals surface area contributed by atoms with Gasteiger partial charge in [0.1, 0.15) is 0 Å². The van der Waals surface area contributed by atoms with Crippen LogP contribution in [0.4, 0.5) is 8.78 Å². The lowest BCUT2D eigenvalue weighted by atomic mass is 10.0. The zero-order chi connectivity index (χ0) is 12.1. The van der Waals surface area contributed by atoms with Crippen molar-refractivity contribution in [3.63, 3.8) is 0 Å². The van der Waals surface area contributed by atoms with Crippen molar-refractivity contribution in [1.29, 1.82) is 0 Å². The van der Waals surface area contributed by atoms with Crippen LogP contribution in [0.25, 0.3) is 0 Å². The largest absolute Gasteiger partial charge is 0.469 e. The Kier molecular flexibility index (Phi) is 4.79. The van der Waals surface area contributed by atoms with Crippen LogP contribution in [-0.2, 0) is 21.3 Å². The predicted octanol–water partition coefficient (Wildman–Crippen LogP) is 2.63. The van der Waals surface area contributed by atoms with Crippen molar-refractivity contribution in [3.8, 4) is 0 Å². The zero-order valence-corrected chi connectivity index (χ0v) is 10.1. The smallest absolute Gasteiger partial charge is 0.310 e. The van der Waals surface area contributed by atoms with Gasteiger partial charge in [-0.15, -0.1) is 0 Å². The Bertz CT molecular complexity index is 385. The fraction of sp³-hybridized carbons (Fsp3) is 0.400. The highest BCUT2D eigenvalue weighted by molar-refractivity contribution is 9.08. The number of ether oxygens (including phenoxy) is 1. The molecule has 0 saturated carbocycles. The Morgan fingerprint density at radius 3 is 2.75 bits per heavy atom. The summed E-state index contributed by atoms with van der Waals surface area (Å²) in [5.74, 6) is -0.476. The second-order valence-electron chi connectivity index (χ2n) is 3.05. The van der Waals surface area contributed by atoms with Gasteiger partial charge >= 0.3 is 5.97 Å². The number of hydrogen-bond acceptors (Lipinski definition) is 3. The first kappa shape index (κ1) is 13.0. The highest BCUT2D eigenvalue weighted by Crippen LogP contribution is 2.26. The minimum Gasteiger partial charge on any atom is -0.469 e. The fourth-order valence-electron chi connectivity index (χ4n) is 1.28. The minimum atomic E-state index is -2.60. The van der Waals surface area contributed by atoms with Gasteiger partial charge in [-0.05, 0) is 11.1 Å². The third-order valence-corrected chi connectivity index (χ3v) is 2.67. The second kappa shape index (κ2) is 5.89. The molecule has 0 atom stereocenters. The van der Waals surface area contributed by atoms with E-state index in [0.717, 1.165) is 6.20 Å². The van der Waals surface area contributed by atoms with Gasteiger partial charge in [0, 0.05) is 23.3 Å². The summed E-state index contributed by atoms with van der Waals surface area (Å²) >= 11 is 3.13. The van der Waals surface area contributed by atoms with Crippen LogP contribution in [0.15, 0.2) is 12.4 Å². The lowest BCUT2D eigenvalue weighted by Crippen LogP contribution is -2.08. The highest BCUT2D eigenvalue weighted by Gasteiger charge is 2.17. The first-order valence-corrected chi connectivity index (χ1v) is 5.58. The molecule has 0 aromatic carbocycles. The second-order valence-corrected chi connectivity index (χ2v) is 3.61. The van der Waals surface area contributed by atoms with E-state index in [1.807, 2.05) is 0 Å². The van der Waals surface area contributed by atoms with E-state index in [0.29, 0.717) is 11.1 Å². The van der Waals surface area contributed by atoms with E-state index in [1.165, 1.54) is 13.3 Å². The molecule has 0 aliphatic carbocycles. The van der Waals surface area contributed by atoms with Gasteiger partial charge < -0.3 is 4.74 Å². The van der Waals surface area contributed by atoms with E-state index in [9.17, 15) is 13.6 Å². The van der Waals surface area contributed by atoms with Gasteiger partial charge in [0.15, 0.2) is 0 Å². The minimum absolute atomic E-state index is 0.0506. The van der Waals surface area contributed by atoms with E-state index >= 15 is 0 Å². The molecule has 16 heavy (non-hydrogen) atoms. The van der Waals surface area contributed by atoms with Crippen molar-refractivity contribution in [3.05, 3.63) is 29.1 Å². The molecule has 0 amide bonds. The molecule has 1 aromatic rings. The quantitative estimate of drug-likeness (QED) is 0.633. The van der Waals surface area contributed by atoms with E-state index in [1.54, 1.807) is 0 Å². The molecule has 0 unspecified atom stereocenters. The summed E-state index contributed by atoms with van der Waals surface area (Å²) in [6.45, 7) is 0. The van der Waals surface area contributed by atoms with Gasteiger partial charge in [-0.25, -0.2) is 8.78 Å². The first-order valence-electron chi connectivity index (χ1n) is 4.46. The van der Waals surface area contributed by atoms with E-state index < -0.39 is 12.4 Å². The molecular formula is C10H10BrF2NO2. The molecule has 1 heterocycles. The van der Waals surface area contributed by atoms with Crippen LogP contribution in [0.2, 0.25) is 0 Å². The zero-order valence-electron chi connectivity index (χ0n) is 8.54. The van der Waals surface area contributed by atoms with Crippen LogP contribution in [0, 0.1) is 0 Å². The SMILES string of the molecule is COC(=O)Cc1cncc(C(F)F)c1CBr. The standard InChI is InChI=1S/C10H10BrF2NO2/c1-16-9(15)2-6-4-14-5-8(10(12)13)7(6)3-11/h4-5,10H,2-3H2,1H3. The Balaban J connectivity index is 3.08. The molecule has 0 N–H and O–H groups in total. The van der Waals surface area contributed by atoms with Crippen LogP contribution in [0.1, 0.15) is 23.1 Å². The molecule has 6 heteroatoms. The maximum absolute atomic E-state index is 12.6. The van der Waals surface area contributed by atoms with Gasteiger partial charge in [-0.3, -0.25) is 9.78 Å². The number of methoxy groups -OCH3 is 1. The third-order valence-electron chi connectivity index (χ3n) is 2.11. The van der Waals surface area contributed by atoms with E-state index in [2.05, 4.69) is 25.7 Å². The number of aromatic nitrogens is 1. The molecule has 0 bridgehead atoms. The van der Waals surface area contributed by atoms with Gasteiger partial charge in [0.05, 0.1) is 13.5 Å². The van der Waals surface area contributed by atoms with Gasteiger partial charge in [-0.1, -0.05) is 15.9 Å². The number of carbonyl (C=O) groups excluding carboxylic acids is 1. The summed E-state index contributed by atoms with van der Waals surface area (Å²) in [7, 11) is 1.25. The van der Waals surface area contributed by atoms with Gasteiger partial charge in [0.25, 0.3) is 6.43 Å². The molecule has 0 aliphatic rings. The monoisotopic (exact) mass is 293 g/mol. The molecular weight excluding hydrogens is 284 g/mol. The van der Waals surface area contributed by atoms with Crippen molar-refractivity contribution in [1.82, 2.24) is 4.98 Å². The van der Waals surface area contributed by atoms with Gasteiger partial charge in [-0.2, -0.15) is 0 Å². The molecule has 0 fully saturated rings. The molecule has 0 saturated heterocycles. The maximum atomic E-state index is 12.6. The average molecular weight is 294 g/mol. The third kappa shape index (κ3) is 2.98. The van der Waals surface area contributed by atoms with Crippen LogP contribution < -0.4 is 0 Å². The summed E-state index contributed by atoms with van der Waals surface area (Å²) in [5.41, 5.74) is 0.704. The summed E-state index contributed by atoms with van der Waals surface area (Å²) < 4.78 is 29.8. The topological polar surface area (TPSA) is 39.2 Å². The summed E-state index contributed by atoms with van der Waals surface area (Å²) in [4.78, 5) is 14.8. The molecule has 1 rings (SSSR count). The summed E-state index contributed by atoms with van der Waals surface area (Å²) in [6.07, 6.45) is -0.135. The normalized spacial score (nSPS) is 10.6. The fourth-order valence-corrected chi connectivity index (χ4v) is 1.96. The van der Waals surface area contributed by atoms with Crippen LogP contribution in [0.3, 0.4) is 0 Å². The number of carbonyl (C=O) groups is 1. The molecule has 3 nitrogen and oxygen atoms in total. The van der Waals surface area contributed by atoms with E-state index in [4.69, 9.17) is 0 Å². The van der Waals surface area contributed by atoms with Crippen molar-refractivity contribution in [2.24, 2.45) is 0 Å². The molecule has 0 radical (unpaired) electrons. The highest BCUT2D eigenvalue weighted by atomic mass is 79.9. The van der Waals surface area contributed by atoms with Gasteiger partial charge in [0.2, 0.25) is 0 Å². The molecule has 1 aromatic heterocycles. The number of halogens is 3. The predicted molar refractivity (Wildman–Crippen MR) is 57.5 cm³/mol. The lowest BCUT2D eigenvalue weighted by molar-refractivity contribution is -0.139. The first-order chi connectivity index (χ1) is 7.60. The maximum Gasteiger partial charge on any atom is 0.310 e. The molecule has 88 valence electrons. The van der Waals surface area contributed by atoms with Crippen molar-refractivity contribution >= 4 is 21.9 Å². The molecule has 0 spiro atoms. The number of esters is 1. The van der Waals surface area contributed by atoms with Crippen LogP contribution in [-0.4, -0.2) is 18.1 Å². The number of rotatable bonds is 4.